The van der Waals surface area contributed by atoms with Gasteiger partial charge < -0.3 is 9.69 Å². The number of benzene rings is 1. The average Bonchev–Trinajstić information content (AvgIpc) is 2.73. The molecule has 3 atom stereocenters. The van der Waals surface area contributed by atoms with Gasteiger partial charge >= 0.3 is 0 Å². The lowest BCUT2D eigenvalue weighted by Crippen LogP contribution is -2.38. The highest BCUT2D eigenvalue weighted by Crippen LogP contribution is 2.46. The molecule has 2 aliphatic rings. The minimum atomic E-state index is -0.503. The molecule has 6 heteroatoms. The molecular formula is C22H27FN2O3. The van der Waals surface area contributed by atoms with Gasteiger partial charge in [-0.05, 0) is 57.2 Å². The van der Waals surface area contributed by atoms with Gasteiger partial charge in [0.15, 0.2) is 0 Å². The van der Waals surface area contributed by atoms with Gasteiger partial charge in [0.1, 0.15) is 12.1 Å². The summed E-state index contributed by atoms with van der Waals surface area (Å²) in [5.74, 6) is -0.286. The molecule has 0 heterocycles. The van der Waals surface area contributed by atoms with Crippen LogP contribution in [0.25, 0.3) is 0 Å². The number of carbonyl (C=O) groups excluding carboxylic acids is 2. The highest BCUT2D eigenvalue weighted by Gasteiger charge is 2.40. The lowest BCUT2D eigenvalue weighted by Gasteiger charge is -2.41. The molecule has 1 aromatic carbocycles. The molecule has 2 N–H and O–H groups in total. The van der Waals surface area contributed by atoms with Crippen molar-refractivity contribution < 1.29 is 19.2 Å². The zero-order valence-corrected chi connectivity index (χ0v) is 16.1. The van der Waals surface area contributed by atoms with Crippen LogP contribution in [0, 0.1) is 23.1 Å². The molecule has 0 bridgehead atoms. The highest BCUT2D eigenvalue weighted by molar-refractivity contribution is 5.95. The highest BCUT2D eigenvalue weighted by atomic mass is 19.1. The van der Waals surface area contributed by atoms with E-state index in [9.17, 15) is 14.0 Å². The number of fused-ring (bicyclic) bond motifs is 1. The number of nitrogens with zero attached hydrogens (tertiary/aromatic N) is 1. The molecule has 0 aromatic heterocycles. The molecule has 1 saturated carbocycles. The van der Waals surface area contributed by atoms with Crippen LogP contribution in [-0.2, 0) is 16.1 Å². The fraction of sp³-hybridized carbons (Fsp3) is 0.455. The fourth-order valence-corrected chi connectivity index (χ4v) is 4.34. The first-order valence-electron chi connectivity index (χ1n) is 9.69. The number of aldehydes is 1. The average molecular weight is 386 g/mol. The van der Waals surface area contributed by atoms with Crippen molar-refractivity contribution in [2.45, 2.75) is 32.2 Å². The van der Waals surface area contributed by atoms with E-state index in [1.165, 1.54) is 6.07 Å². The van der Waals surface area contributed by atoms with Crippen molar-refractivity contribution >= 4 is 12.2 Å². The Hall–Kier alpha value is -2.31. The van der Waals surface area contributed by atoms with E-state index in [1.807, 2.05) is 25.3 Å². The van der Waals surface area contributed by atoms with E-state index in [0.29, 0.717) is 24.2 Å². The number of hydrogen-bond donors (Lipinski definition) is 2. The molecule has 5 nitrogen and oxygen atoms in total. The Bertz CT molecular complexity index is 792. The van der Waals surface area contributed by atoms with E-state index in [4.69, 9.17) is 5.21 Å². The third-order valence-corrected chi connectivity index (χ3v) is 6.09. The maximum Gasteiger partial charge on any atom is 0.274 e. The third-order valence-electron chi connectivity index (χ3n) is 6.09. The number of allylic oxidation sites excluding steroid dienone is 2. The van der Waals surface area contributed by atoms with Crippen LogP contribution < -0.4 is 5.48 Å². The molecule has 2 unspecified atom stereocenters. The summed E-state index contributed by atoms with van der Waals surface area (Å²) in [6.45, 7) is 1.22. The van der Waals surface area contributed by atoms with Gasteiger partial charge in [0, 0.05) is 23.1 Å². The van der Waals surface area contributed by atoms with Crippen LogP contribution in [0.1, 0.15) is 31.2 Å². The first-order chi connectivity index (χ1) is 13.5. The molecule has 2 aliphatic carbocycles. The molecule has 1 aromatic rings. The van der Waals surface area contributed by atoms with Crippen molar-refractivity contribution in [1.29, 1.82) is 0 Å². The zero-order chi connectivity index (χ0) is 20.1. The van der Waals surface area contributed by atoms with Crippen LogP contribution in [0.4, 0.5) is 4.39 Å². The van der Waals surface area contributed by atoms with E-state index >= 15 is 0 Å². The lowest BCUT2D eigenvalue weighted by atomic mass is 9.63. The second-order valence-corrected chi connectivity index (χ2v) is 8.05. The molecule has 1 amide bonds. The number of rotatable bonds is 7. The van der Waals surface area contributed by atoms with Gasteiger partial charge in [-0.1, -0.05) is 36.4 Å². The minimum Gasteiger partial charge on any atom is -0.303 e. The van der Waals surface area contributed by atoms with Crippen LogP contribution in [-0.4, -0.2) is 35.9 Å². The number of nitrogens with one attached hydrogen (secondary N) is 1. The van der Waals surface area contributed by atoms with Gasteiger partial charge in [-0.3, -0.25) is 10.0 Å². The second-order valence-electron chi connectivity index (χ2n) is 8.05. The van der Waals surface area contributed by atoms with Crippen molar-refractivity contribution in [3.8, 4) is 0 Å². The predicted octanol–water partition coefficient (Wildman–Crippen LogP) is 3.25. The Labute approximate surface area is 164 Å². The zero-order valence-electron chi connectivity index (χ0n) is 16.1. The first kappa shape index (κ1) is 20.4. The van der Waals surface area contributed by atoms with Gasteiger partial charge in [-0.25, -0.2) is 9.87 Å². The maximum absolute atomic E-state index is 13.8. The summed E-state index contributed by atoms with van der Waals surface area (Å²) in [4.78, 5) is 25.6. The van der Waals surface area contributed by atoms with Gasteiger partial charge in [0.05, 0.1) is 0 Å². The van der Waals surface area contributed by atoms with Crippen LogP contribution >= 0.6 is 0 Å². The molecule has 0 radical (unpaired) electrons. The molecule has 3 rings (SSSR count). The van der Waals surface area contributed by atoms with E-state index in [1.54, 1.807) is 23.7 Å². The van der Waals surface area contributed by atoms with Crippen molar-refractivity contribution in [3.63, 3.8) is 0 Å². The summed E-state index contributed by atoms with van der Waals surface area (Å²) in [6, 6.07) is 6.76. The molecule has 150 valence electrons. The van der Waals surface area contributed by atoms with E-state index in [-0.39, 0.29) is 23.1 Å². The number of hydrogen-bond acceptors (Lipinski definition) is 4. The van der Waals surface area contributed by atoms with Crippen LogP contribution in [0.5, 0.6) is 0 Å². The Morgan fingerprint density at radius 1 is 1.39 bits per heavy atom. The topological polar surface area (TPSA) is 69.6 Å². The number of hydroxylamine groups is 1. The molecule has 1 fully saturated rings. The van der Waals surface area contributed by atoms with E-state index in [0.717, 1.165) is 32.0 Å². The molecule has 28 heavy (non-hydrogen) atoms. The third kappa shape index (κ3) is 4.56. The number of halogens is 1. The fourth-order valence-electron chi connectivity index (χ4n) is 4.34. The summed E-state index contributed by atoms with van der Waals surface area (Å²) >= 11 is 0. The SMILES string of the molecule is CN(CC[C@@]1(C=O)CCC2C=C(C(=O)NO)C=CC2C1)Cc1ccccc1F. The molecule has 0 aliphatic heterocycles. The van der Waals surface area contributed by atoms with Crippen molar-refractivity contribution in [2.75, 3.05) is 13.6 Å². The van der Waals surface area contributed by atoms with E-state index in [2.05, 4.69) is 4.90 Å². The normalized spacial score (nSPS) is 26.5. The van der Waals surface area contributed by atoms with Crippen LogP contribution in [0.15, 0.2) is 48.1 Å². The largest absolute Gasteiger partial charge is 0.303 e. The molecule has 0 spiro atoms. The quantitative estimate of drug-likeness (QED) is 0.429. The summed E-state index contributed by atoms with van der Waals surface area (Å²) in [6.07, 6.45) is 9.76. The number of carbonyl (C=O) groups is 2. The van der Waals surface area contributed by atoms with Crippen LogP contribution in [0.2, 0.25) is 0 Å². The Morgan fingerprint density at radius 3 is 2.89 bits per heavy atom. The Morgan fingerprint density at radius 2 is 2.18 bits per heavy atom. The summed E-state index contributed by atoms with van der Waals surface area (Å²) < 4.78 is 13.8. The maximum atomic E-state index is 13.8. The Balaban J connectivity index is 1.59. The summed E-state index contributed by atoms with van der Waals surface area (Å²) in [5, 5.41) is 8.80. The minimum absolute atomic E-state index is 0.207. The Kier molecular flexibility index (Phi) is 6.42. The monoisotopic (exact) mass is 386 g/mol. The van der Waals surface area contributed by atoms with Crippen molar-refractivity contribution in [2.24, 2.45) is 17.3 Å². The van der Waals surface area contributed by atoms with Gasteiger partial charge in [0.25, 0.3) is 5.91 Å². The van der Waals surface area contributed by atoms with E-state index < -0.39 is 5.91 Å². The molecule has 0 saturated heterocycles. The summed E-state index contributed by atoms with van der Waals surface area (Å²) in [5.41, 5.74) is 2.40. The van der Waals surface area contributed by atoms with Crippen molar-refractivity contribution in [3.05, 3.63) is 59.4 Å². The lowest BCUT2D eigenvalue weighted by molar-refractivity contribution is -0.125. The number of amides is 1. The standard InChI is InChI=1S/C22H27FN2O3/c1-25(14-19-4-2-3-5-20(19)23)11-10-22(15-26)9-8-16-12-17(21(27)24-28)6-7-18(16)13-22/h2-7,12,15-16,18,28H,8-11,13-14H2,1H3,(H,24,27)/t16?,18?,22-/m0/s1. The predicted molar refractivity (Wildman–Crippen MR) is 104 cm³/mol. The second kappa shape index (κ2) is 8.80. The van der Waals surface area contributed by atoms with Crippen LogP contribution in [0.3, 0.4) is 0 Å². The van der Waals surface area contributed by atoms with Gasteiger partial charge in [-0.15, -0.1) is 0 Å². The molecular weight excluding hydrogens is 359 g/mol. The first-order valence-corrected chi connectivity index (χ1v) is 9.69. The van der Waals surface area contributed by atoms with Gasteiger partial charge in [0.2, 0.25) is 0 Å². The summed E-state index contributed by atoms with van der Waals surface area (Å²) in [7, 11) is 1.94. The van der Waals surface area contributed by atoms with Gasteiger partial charge in [-0.2, -0.15) is 0 Å². The van der Waals surface area contributed by atoms with Crippen molar-refractivity contribution in [1.82, 2.24) is 10.4 Å². The smallest absolute Gasteiger partial charge is 0.274 e.